The summed E-state index contributed by atoms with van der Waals surface area (Å²) < 4.78 is 0. The SMILES string of the molecule is Cc1ccc(NC(=O)c2cccc(-c3ccccc3)c2)cc1C(=O)Nc1cnc2nc(-c3ccccc3)[nH]c2c1. The summed E-state index contributed by atoms with van der Waals surface area (Å²) in [7, 11) is 0. The maximum Gasteiger partial charge on any atom is 0.256 e. The highest BCUT2D eigenvalue weighted by Gasteiger charge is 2.14. The lowest BCUT2D eigenvalue weighted by atomic mass is 10.0. The van der Waals surface area contributed by atoms with E-state index in [-0.39, 0.29) is 11.8 Å². The van der Waals surface area contributed by atoms with E-state index in [1.807, 2.05) is 91.9 Å². The van der Waals surface area contributed by atoms with Crippen molar-refractivity contribution in [2.45, 2.75) is 6.92 Å². The number of fused-ring (bicyclic) bond motifs is 1. The van der Waals surface area contributed by atoms with Crippen molar-refractivity contribution in [3.8, 4) is 22.5 Å². The molecule has 6 aromatic rings. The lowest BCUT2D eigenvalue weighted by Gasteiger charge is -2.11. The van der Waals surface area contributed by atoms with Crippen LogP contribution in [0.15, 0.2) is 115 Å². The number of rotatable bonds is 6. The highest BCUT2D eigenvalue weighted by atomic mass is 16.2. The van der Waals surface area contributed by atoms with Crippen molar-refractivity contribution in [2.75, 3.05) is 10.6 Å². The Balaban J connectivity index is 1.19. The molecular formula is C33H25N5O2. The van der Waals surface area contributed by atoms with Crippen LogP contribution in [0.25, 0.3) is 33.7 Å². The zero-order valence-electron chi connectivity index (χ0n) is 21.7. The Hall–Kier alpha value is -5.56. The van der Waals surface area contributed by atoms with Crippen LogP contribution in [0, 0.1) is 6.92 Å². The molecule has 2 heterocycles. The molecule has 0 unspecified atom stereocenters. The highest BCUT2D eigenvalue weighted by Crippen LogP contribution is 2.24. The van der Waals surface area contributed by atoms with Crippen molar-refractivity contribution in [3.63, 3.8) is 0 Å². The van der Waals surface area contributed by atoms with Gasteiger partial charge in [-0.05, 0) is 53.9 Å². The van der Waals surface area contributed by atoms with Gasteiger partial charge in [-0.25, -0.2) is 9.97 Å². The molecule has 0 radical (unpaired) electrons. The largest absolute Gasteiger partial charge is 0.337 e. The number of aryl methyl sites for hydroxylation is 1. The predicted molar refractivity (Wildman–Crippen MR) is 158 cm³/mol. The van der Waals surface area contributed by atoms with E-state index in [0.717, 1.165) is 22.3 Å². The molecule has 0 aliphatic heterocycles. The number of H-pyrrole nitrogens is 1. The molecule has 0 aliphatic rings. The minimum atomic E-state index is -0.302. The molecule has 2 aromatic heterocycles. The fourth-order valence-corrected chi connectivity index (χ4v) is 4.52. The molecule has 0 bridgehead atoms. The Bertz CT molecular complexity index is 1850. The number of nitrogens with one attached hydrogen (secondary N) is 3. The topological polar surface area (TPSA) is 99.8 Å². The number of aromatic nitrogens is 3. The minimum absolute atomic E-state index is 0.254. The third-order valence-corrected chi connectivity index (χ3v) is 6.61. The summed E-state index contributed by atoms with van der Waals surface area (Å²) in [6.45, 7) is 1.85. The molecule has 0 spiro atoms. The van der Waals surface area contributed by atoms with Crippen molar-refractivity contribution in [1.82, 2.24) is 15.0 Å². The number of hydrogen-bond donors (Lipinski definition) is 3. The smallest absolute Gasteiger partial charge is 0.256 e. The summed E-state index contributed by atoms with van der Waals surface area (Å²) in [5.41, 5.74) is 7.04. The third kappa shape index (κ3) is 5.21. The summed E-state index contributed by atoms with van der Waals surface area (Å²) in [5, 5.41) is 5.84. The monoisotopic (exact) mass is 523 g/mol. The number of hydrogen-bond acceptors (Lipinski definition) is 4. The molecule has 2 amide bonds. The van der Waals surface area contributed by atoms with Gasteiger partial charge in [0.05, 0.1) is 17.4 Å². The van der Waals surface area contributed by atoms with Crippen LogP contribution in [0.2, 0.25) is 0 Å². The molecule has 7 heteroatoms. The van der Waals surface area contributed by atoms with Crippen molar-refractivity contribution in [1.29, 1.82) is 0 Å². The first-order valence-electron chi connectivity index (χ1n) is 12.8. The second-order valence-corrected chi connectivity index (χ2v) is 9.43. The number of benzene rings is 4. The van der Waals surface area contributed by atoms with Crippen molar-refractivity contribution in [3.05, 3.63) is 132 Å². The quantitative estimate of drug-likeness (QED) is 0.217. The highest BCUT2D eigenvalue weighted by molar-refractivity contribution is 6.08. The molecule has 3 N–H and O–H groups in total. The minimum Gasteiger partial charge on any atom is -0.337 e. The zero-order valence-corrected chi connectivity index (χ0v) is 21.7. The second kappa shape index (κ2) is 10.7. The van der Waals surface area contributed by atoms with Gasteiger partial charge in [0.1, 0.15) is 5.82 Å². The maximum absolute atomic E-state index is 13.2. The van der Waals surface area contributed by atoms with Crippen LogP contribution in [-0.4, -0.2) is 26.8 Å². The summed E-state index contributed by atoms with van der Waals surface area (Å²) in [6, 6.07) is 34.2. The van der Waals surface area contributed by atoms with Crippen LogP contribution in [0.4, 0.5) is 11.4 Å². The Morgan fingerprint density at radius 3 is 2.15 bits per heavy atom. The van der Waals surface area contributed by atoms with Gasteiger partial charge in [0, 0.05) is 22.4 Å². The van der Waals surface area contributed by atoms with E-state index in [1.165, 1.54) is 0 Å². The number of carbonyl (C=O) groups is 2. The summed E-state index contributed by atoms with van der Waals surface area (Å²) in [4.78, 5) is 38.5. The Labute approximate surface area is 231 Å². The lowest BCUT2D eigenvalue weighted by Crippen LogP contribution is -2.16. The Kier molecular flexibility index (Phi) is 6.60. The number of pyridine rings is 1. The van der Waals surface area contributed by atoms with Gasteiger partial charge in [-0.1, -0.05) is 78.9 Å². The lowest BCUT2D eigenvalue weighted by molar-refractivity contribution is 0.101. The number of carbonyl (C=O) groups excluding carboxylic acids is 2. The standard InChI is InChI=1S/C33H25N5O2/c1-21-15-16-26(35-32(39)25-14-8-13-24(17-25)22-9-4-2-5-10-22)18-28(21)33(40)36-27-19-29-31(34-20-27)38-30(37-29)23-11-6-3-7-12-23/h2-20H,1H3,(H,35,39)(H,36,40)(H,34,37,38). The van der Waals surface area contributed by atoms with Crippen molar-refractivity contribution >= 4 is 34.4 Å². The van der Waals surface area contributed by atoms with Gasteiger partial charge in [-0.3, -0.25) is 9.59 Å². The van der Waals surface area contributed by atoms with E-state index in [1.54, 1.807) is 30.5 Å². The second-order valence-electron chi connectivity index (χ2n) is 9.43. The van der Waals surface area contributed by atoms with Crippen LogP contribution in [-0.2, 0) is 0 Å². The van der Waals surface area contributed by atoms with Crippen LogP contribution in [0.3, 0.4) is 0 Å². The molecule has 0 saturated carbocycles. The molecule has 0 aliphatic carbocycles. The molecule has 0 fully saturated rings. The van der Waals surface area contributed by atoms with E-state index in [2.05, 4.69) is 25.6 Å². The average Bonchev–Trinajstić information content (AvgIpc) is 3.43. The summed E-state index contributed by atoms with van der Waals surface area (Å²) in [6.07, 6.45) is 1.58. The van der Waals surface area contributed by atoms with Gasteiger partial charge < -0.3 is 15.6 Å². The molecule has 7 nitrogen and oxygen atoms in total. The van der Waals surface area contributed by atoms with Crippen LogP contribution < -0.4 is 10.6 Å². The molecule has 4 aromatic carbocycles. The molecule has 0 atom stereocenters. The van der Waals surface area contributed by atoms with E-state index < -0.39 is 0 Å². The Morgan fingerprint density at radius 2 is 1.38 bits per heavy atom. The molecule has 194 valence electrons. The number of aromatic amines is 1. The zero-order chi connectivity index (χ0) is 27.5. The van der Waals surface area contributed by atoms with Crippen LogP contribution in [0.1, 0.15) is 26.3 Å². The number of amides is 2. The summed E-state index contributed by atoms with van der Waals surface area (Å²) in [5.74, 6) is 0.153. The van der Waals surface area contributed by atoms with Crippen molar-refractivity contribution < 1.29 is 9.59 Å². The van der Waals surface area contributed by atoms with E-state index in [9.17, 15) is 9.59 Å². The normalized spacial score (nSPS) is 10.8. The summed E-state index contributed by atoms with van der Waals surface area (Å²) >= 11 is 0. The van der Waals surface area contributed by atoms with Crippen molar-refractivity contribution in [2.24, 2.45) is 0 Å². The fraction of sp³-hybridized carbons (Fsp3) is 0.0303. The van der Waals surface area contributed by atoms with Gasteiger partial charge in [-0.15, -0.1) is 0 Å². The Morgan fingerprint density at radius 1 is 0.675 bits per heavy atom. The number of anilines is 2. The van der Waals surface area contributed by atoms with E-state index in [0.29, 0.717) is 39.5 Å². The van der Waals surface area contributed by atoms with Gasteiger partial charge >= 0.3 is 0 Å². The van der Waals surface area contributed by atoms with Gasteiger partial charge in [-0.2, -0.15) is 0 Å². The average molecular weight is 524 g/mol. The molecule has 0 saturated heterocycles. The van der Waals surface area contributed by atoms with E-state index >= 15 is 0 Å². The van der Waals surface area contributed by atoms with Crippen LogP contribution >= 0.6 is 0 Å². The maximum atomic E-state index is 13.2. The van der Waals surface area contributed by atoms with E-state index in [4.69, 9.17) is 0 Å². The fourth-order valence-electron chi connectivity index (χ4n) is 4.52. The van der Waals surface area contributed by atoms with Crippen LogP contribution in [0.5, 0.6) is 0 Å². The first-order chi connectivity index (χ1) is 19.5. The first-order valence-corrected chi connectivity index (χ1v) is 12.8. The molecule has 6 rings (SSSR count). The molecular weight excluding hydrogens is 498 g/mol. The number of nitrogens with zero attached hydrogens (tertiary/aromatic N) is 2. The van der Waals surface area contributed by atoms with Gasteiger partial charge in [0.25, 0.3) is 11.8 Å². The molecule has 40 heavy (non-hydrogen) atoms. The van der Waals surface area contributed by atoms with Gasteiger partial charge in [0.15, 0.2) is 5.65 Å². The third-order valence-electron chi connectivity index (χ3n) is 6.61. The van der Waals surface area contributed by atoms with Gasteiger partial charge in [0.2, 0.25) is 0 Å². The number of imidazole rings is 1. The first kappa shape index (κ1) is 24.8. The predicted octanol–water partition coefficient (Wildman–Crippen LogP) is 7.10.